The Morgan fingerprint density at radius 1 is 0.337 bits per heavy atom. The topological polar surface area (TPSA) is 184 Å². The largest absolute Gasteiger partial charge is 3.00 e. The van der Waals surface area contributed by atoms with E-state index in [2.05, 4.69) is 80.5 Å². The predicted molar refractivity (Wildman–Crippen MR) is 339 cm³/mol. The number of aromatic nitrogens is 4. The van der Waals surface area contributed by atoms with Gasteiger partial charge in [0.05, 0.1) is 22.3 Å². The van der Waals surface area contributed by atoms with Crippen LogP contribution in [0.3, 0.4) is 0 Å². The number of carbonyl (C=O) groups is 4. The summed E-state index contributed by atoms with van der Waals surface area (Å²) in [6.07, 6.45) is 27.2. The molecule has 12 unspecified atom stereocenters. The maximum Gasteiger partial charge on any atom is 3.00 e. The summed E-state index contributed by atoms with van der Waals surface area (Å²) in [7, 11) is 7.72. The summed E-state index contributed by atoms with van der Waals surface area (Å²) in [6, 6.07) is 45.3. The van der Waals surface area contributed by atoms with E-state index in [4.69, 9.17) is 10.6 Å². The number of nitrogens with one attached hydrogen (secondary N) is 6. The Kier molecular flexibility index (Phi) is 18.0. The Labute approximate surface area is 530 Å². The molecule has 12 atom stereocenters. The summed E-state index contributed by atoms with van der Waals surface area (Å²) in [4.78, 5) is 57.0. The molecule has 89 heavy (non-hydrogen) atoms. The fourth-order valence-corrected chi connectivity index (χ4v) is 14.2. The summed E-state index contributed by atoms with van der Waals surface area (Å²) in [5.41, 5.74) is 8.93. The van der Waals surface area contributed by atoms with Crippen molar-refractivity contribution in [3.8, 4) is 0 Å². The molecule has 16 nitrogen and oxygen atoms in total. The molecular formula is C72H74FeN12O4+5. The molecular weight excluding hydrogens is 1150 g/mol. The van der Waals surface area contributed by atoms with Gasteiger partial charge in [-0.3, -0.25) is 19.2 Å². The second kappa shape index (κ2) is 26.5. The first kappa shape index (κ1) is 60.5. The maximum atomic E-state index is 14.3. The van der Waals surface area contributed by atoms with Gasteiger partial charge in [-0.1, -0.05) is 123 Å². The van der Waals surface area contributed by atoms with Crippen LogP contribution in [0.2, 0.25) is 0 Å². The Morgan fingerprint density at radius 3 is 0.753 bits per heavy atom. The molecule has 449 valence electrons. The van der Waals surface area contributed by atoms with Crippen LogP contribution in [0.4, 0.5) is 22.7 Å². The van der Waals surface area contributed by atoms with Crippen molar-refractivity contribution in [1.29, 1.82) is 0 Å². The zero-order chi connectivity index (χ0) is 60.4. The Balaban J connectivity index is 0.00000769. The van der Waals surface area contributed by atoms with Crippen LogP contribution in [0.25, 0.3) is 10.6 Å². The molecule has 0 spiro atoms. The molecule has 8 bridgehead atoms. The second-order valence-electron chi connectivity index (χ2n) is 24.2. The number of amides is 4. The number of carbonyl (C=O) groups excluding carboxylic acids is 4. The van der Waals surface area contributed by atoms with E-state index in [1.807, 2.05) is 217 Å². The molecule has 5 aliphatic rings. The van der Waals surface area contributed by atoms with Crippen molar-refractivity contribution in [3.05, 3.63) is 275 Å². The van der Waals surface area contributed by atoms with Crippen molar-refractivity contribution in [2.75, 3.05) is 21.3 Å². The summed E-state index contributed by atoms with van der Waals surface area (Å²) in [6.45, 7) is 0. The first-order valence-corrected chi connectivity index (χ1v) is 30.6. The number of fused-ring (bicyclic) bond motifs is 8. The van der Waals surface area contributed by atoms with Crippen molar-refractivity contribution in [2.24, 2.45) is 28.2 Å². The van der Waals surface area contributed by atoms with E-state index < -0.39 is 0 Å². The monoisotopic (exact) mass is 1230 g/mol. The normalized spacial score (nSPS) is 24.9. The van der Waals surface area contributed by atoms with Crippen LogP contribution in [-0.4, -0.2) is 72.0 Å². The summed E-state index contributed by atoms with van der Waals surface area (Å²) < 4.78 is 7.63. The van der Waals surface area contributed by atoms with Gasteiger partial charge in [-0.2, -0.15) is 0 Å². The molecule has 3 fully saturated rings. The van der Waals surface area contributed by atoms with E-state index in [0.29, 0.717) is 45.0 Å². The number of para-hydroxylation sites is 4. The standard InChI is InChI=1S/C72H72N12O4.Fe/c1-81-37-29-45(30-38-81)69(85)77-53-17-9-5-13-49(53)65-57-21-23-59(73-57)66(50-14-6-10-18-54(50)78-70(86)46-31-39-82(2)40-32-46)61-25-27-63(75-61)68(52-16-8-12-20-56(52)80-72(88)48-35-43-84(4)44-36-48)64-28-26-62(76-64)67(60-24-22-58(65)74-60)51-15-7-11-19-55(51)79-71(87)47-33-41-83(3)42-34-47;/h5-21,23,26,28-44,57-68,73,76H,22,24-25,27H2,1-4H3,(H2-2,77,78,79,80,85,86,87,88);/q;+3/p+2. The van der Waals surface area contributed by atoms with Gasteiger partial charge >= 0.3 is 17.1 Å². The average Bonchev–Trinajstić information content (AvgIpc) is 3.36. The minimum absolute atomic E-state index is 0. The van der Waals surface area contributed by atoms with Crippen LogP contribution in [0.5, 0.6) is 0 Å². The van der Waals surface area contributed by atoms with E-state index in [0.717, 1.165) is 47.9 Å². The summed E-state index contributed by atoms with van der Waals surface area (Å²) in [5, 5.41) is 33.8. The van der Waals surface area contributed by atoms with Gasteiger partial charge in [-0.05, 0) is 70.2 Å². The molecule has 4 amide bonds. The van der Waals surface area contributed by atoms with Crippen LogP contribution >= 0.6 is 0 Å². The van der Waals surface area contributed by atoms with Gasteiger partial charge in [0.1, 0.15) is 28.2 Å². The Morgan fingerprint density at radius 2 is 0.539 bits per heavy atom. The second-order valence-corrected chi connectivity index (χ2v) is 24.2. The van der Waals surface area contributed by atoms with Crippen molar-refractivity contribution >= 4 is 46.4 Å². The van der Waals surface area contributed by atoms with E-state index in [9.17, 15) is 19.2 Å². The quantitative estimate of drug-likeness (QED) is 0.0403. The number of hydrogen-bond acceptors (Lipinski definition) is 6. The van der Waals surface area contributed by atoms with E-state index in [-0.39, 0.29) is 113 Å². The Bertz CT molecular complexity index is 3450. The number of hydrogen-bond donors (Lipinski definition) is 6. The average molecular weight is 1230 g/mol. The van der Waals surface area contributed by atoms with Gasteiger partial charge in [-0.25, -0.2) is 18.3 Å². The minimum atomic E-state index is -0.257. The molecule has 4 aromatic carbocycles. The van der Waals surface area contributed by atoms with Gasteiger partial charge in [0.25, 0.3) is 23.6 Å². The van der Waals surface area contributed by atoms with Crippen LogP contribution < -0.4 is 50.2 Å². The third-order valence-electron chi connectivity index (χ3n) is 18.5. The molecule has 17 heteroatoms. The van der Waals surface area contributed by atoms with Crippen molar-refractivity contribution < 1.29 is 54.5 Å². The zero-order valence-corrected chi connectivity index (χ0v) is 51.3. The summed E-state index contributed by atoms with van der Waals surface area (Å²) >= 11 is 0. The molecule has 4 aromatic heterocycles. The number of rotatable bonds is 12. The van der Waals surface area contributed by atoms with Crippen LogP contribution in [0.1, 0.15) is 113 Å². The fraction of sp³-hybridized carbons (Fsp3) is 0.278. The van der Waals surface area contributed by atoms with Crippen LogP contribution in [0, 0.1) is 0 Å². The molecule has 8 aromatic rings. The van der Waals surface area contributed by atoms with Crippen molar-refractivity contribution in [1.82, 2.24) is 10.6 Å². The number of aryl methyl sites for hydroxylation is 4. The number of nitrogens with zero attached hydrogens (tertiary/aromatic N) is 6. The molecule has 9 heterocycles. The number of anilines is 4. The molecule has 5 aliphatic heterocycles. The maximum absolute atomic E-state index is 14.3. The third-order valence-corrected chi connectivity index (χ3v) is 18.5. The van der Waals surface area contributed by atoms with Crippen LogP contribution in [-0.2, 0) is 45.3 Å². The Hall–Kier alpha value is -8.80. The van der Waals surface area contributed by atoms with Crippen molar-refractivity contribution in [3.63, 3.8) is 0 Å². The molecule has 13 rings (SSSR count). The van der Waals surface area contributed by atoms with Gasteiger partial charge in [0, 0.05) is 95.4 Å². The molecule has 6 N–H and O–H groups in total. The molecule has 0 aliphatic carbocycles. The SMILES string of the molecule is C[n+]1ccc(C(=O)Nc2ccccc2C2C3CCC([N-]3)C(c3ccccc3NC(=O)c3cc[n+](C)cc3)C3C=CC(N3)C(c3ccccc3NC(=O)c3cc[n+](C)cc3)C3CCC([N-]3)C(c3ccccc3NC(=O)c3cc[n+](C)cc3)C3C=CC2N3)cc1.[Fe+3]. The van der Waals surface area contributed by atoms with Gasteiger partial charge in [0.15, 0.2) is 49.6 Å². The van der Waals surface area contributed by atoms with Crippen LogP contribution in [0.15, 0.2) is 219 Å². The van der Waals surface area contributed by atoms with E-state index in [1.165, 1.54) is 0 Å². The van der Waals surface area contributed by atoms with Crippen molar-refractivity contribution in [2.45, 2.75) is 97.7 Å². The fourth-order valence-electron chi connectivity index (χ4n) is 14.2. The van der Waals surface area contributed by atoms with Gasteiger partial charge in [-0.15, -0.1) is 24.2 Å². The first-order chi connectivity index (χ1) is 42.9. The molecule has 3 saturated heterocycles. The zero-order valence-electron chi connectivity index (χ0n) is 50.2. The summed E-state index contributed by atoms with van der Waals surface area (Å²) in [5.74, 6) is -1.84. The number of pyridine rings is 4. The number of benzene rings is 4. The first-order valence-electron chi connectivity index (χ1n) is 30.6. The van der Waals surface area contributed by atoms with E-state index in [1.54, 1.807) is 0 Å². The smallest absolute Gasteiger partial charge is 0.656 e. The predicted octanol–water partition coefficient (Wildman–Crippen LogP) is 9.04. The third kappa shape index (κ3) is 12.9. The van der Waals surface area contributed by atoms with Gasteiger partial charge in [0.2, 0.25) is 0 Å². The minimum Gasteiger partial charge on any atom is -0.656 e. The van der Waals surface area contributed by atoms with Gasteiger partial charge < -0.3 is 42.5 Å². The molecule has 1 radical (unpaired) electrons. The molecule has 0 saturated carbocycles. The van der Waals surface area contributed by atoms with E-state index >= 15 is 0 Å².